The van der Waals surface area contributed by atoms with E-state index in [1.807, 2.05) is 0 Å². The van der Waals surface area contributed by atoms with Gasteiger partial charge in [-0.1, -0.05) is 75.7 Å². The molecule has 1 rings (SSSR count). The Morgan fingerprint density at radius 2 is 1.00 bits per heavy atom. The number of rotatable bonds is 2. The highest BCUT2D eigenvalue weighted by molar-refractivity contribution is 6.81. The van der Waals surface area contributed by atoms with Crippen LogP contribution in [0.4, 0.5) is 0 Å². The molecule has 104 valence electrons. The summed E-state index contributed by atoms with van der Waals surface area (Å²) < 4.78 is 0. The molecule has 0 nitrogen and oxygen atoms in total. The van der Waals surface area contributed by atoms with Crippen molar-refractivity contribution in [1.82, 2.24) is 0 Å². The predicted molar refractivity (Wildman–Crippen MR) is 90.4 cm³/mol. The van der Waals surface area contributed by atoms with E-state index in [1.165, 1.54) is 12.8 Å². The molecule has 0 spiro atoms. The molecule has 0 aromatic carbocycles. The van der Waals surface area contributed by atoms with Crippen LogP contribution >= 0.6 is 0 Å². The SMILES string of the molecule is CC1C/C(=C\[Si](C)(C)C)C(C)C/C1=C\[Si](C)(C)C. The van der Waals surface area contributed by atoms with E-state index in [0.717, 1.165) is 11.8 Å². The molecule has 0 heterocycles. The zero-order valence-corrected chi connectivity index (χ0v) is 15.7. The van der Waals surface area contributed by atoms with Gasteiger partial charge in [-0.2, -0.15) is 0 Å². The summed E-state index contributed by atoms with van der Waals surface area (Å²) in [6.45, 7) is 19.5. The summed E-state index contributed by atoms with van der Waals surface area (Å²) >= 11 is 0. The van der Waals surface area contributed by atoms with Gasteiger partial charge in [-0.05, 0) is 24.7 Å². The highest BCUT2D eigenvalue weighted by Crippen LogP contribution is 2.38. The van der Waals surface area contributed by atoms with Gasteiger partial charge in [0.05, 0.1) is 16.1 Å². The molecule has 2 heteroatoms. The zero-order valence-electron chi connectivity index (χ0n) is 13.7. The summed E-state index contributed by atoms with van der Waals surface area (Å²) in [5.41, 5.74) is 8.79. The van der Waals surface area contributed by atoms with Crippen LogP contribution in [0.2, 0.25) is 39.3 Å². The summed E-state index contributed by atoms with van der Waals surface area (Å²) in [5.74, 6) is 1.55. The molecule has 2 atom stereocenters. The fourth-order valence-corrected chi connectivity index (χ4v) is 5.92. The van der Waals surface area contributed by atoms with Crippen LogP contribution in [0.5, 0.6) is 0 Å². The summed E-state index contributed by atoms with van der Waals surface area (Å²) in [7, 11) is -2.12. The first-order valence-electron chi connectivity index (χ1n) is 7.41. The Labute approximate surface area is 117 Å². The Kier molecular flexibility index (Phi) is 4.88. The van der Waals surface area contributed by atoms with E-state index in [-0.39, 0.29) is 0 Å². The number of hydrogen-bond acceptors (Lipinski definition) is 0. The second kappa shape index (κ2) is 5.50. The first kappa shape index (κ1) is 16.0. The van der Waals surface area contributed by atoms with Gasteiger partial charge in [0.15, 0.2) is 0 Å². The maximum absolute atomic E-state index is 2.65. The summed E-state index contributed by atoms with van der Waals surface area (Å²) in [4.78, 5) is 0. The van der Waals surface area contributed by atoms with Gasteiger partial charge in [0.25, 0.3) is 0 Å². The van der Waals surface area contributed by atoms with Gasteiger partial charge in [0.2, 0.25) is 0 Å². The average molecular weight is 281 g/mol. The highest BCUT2D eigenvalue weighted by atomic mass is 28.3. The molecule has 0 amide bonds. The Balaban J connectivity index is 2.90. The lowest BCUT2D eigenvalue weighted by Crippen LogP contribution is -2.25. The smallest absolute Gasteiger partial charge is 0.0686 e. The molecule has 0 aromatic rings. The minimum atomic E-state index is -1.06. The van der Waals surface area contributed by atoms with Crippen LogP contribution in [-0.2, 0) is 0 Å². The number of hydrogen-bond donors (Lipinski definition) is 0. The van der Waals surface area contributed by atoms with Crippen LogP contribution in [0.15, 0.2) is 22.5 Å². The molecule has 1 saturated carbocycles. The van der Waals surface area contributed by atoms with Gasteiger partial charge in [0.1, 0.15) is 0 Å². The van der Waals surface area contributed by atoms with Crippen molar-refractivity contribution in [2.45, 2.75) is 66.0 Å². The molecule has 0 radical (unpaired) electrons. The van der Waals surface area contributed by atoms with Crippen molar-refractivity contribution in [1.29, 1.82) is 0 Å². The molecular weight excluding hydrogens is 248 g/mol. The molecule has 0 aromatic heterocycles. The van der Waals surface area contributed by atoms with Crippen molar-refractivity contribution in [3.05, 3.63) is 22.5 Å². The third kappa shape index (κ3) is 5.27. The lowest BCUT2D eigenvalue weighted by atomic mass is 9.78. The fourth-order valence-electron chi connectivity index (χ4n) is 2.89. The largest absolute Gasteiger partial charge is 0.0955 e. The van der Waals surface area contributed by atoms with E-state index < -0.39 is 16.1 Å². The Morgan fingerprint density at radius 3 is 1.22 bits per heavy atom. The Bertz CT molecular complexity index is 314. The normalized spacial score (nSPS) is 31.1. The maximum atomic E-state index is 2.65. The first-order valence-corrected chi connectivity index (χ1v) is 14.6. The van der Waals surface area contributed by atoms with E-state index in [0.29, 0.717) is 0 Å². The van der Waals surface area contributed by atoms with Gasteiger partial charge in [-0.25, -0.2) is 0 Å². The molecular formula is C16H32Si2. The molecule has 2 unspecified atom stereocenters. The highest BCUT2D eigenvalue weighted by Gasteiger charge is 2.26. The predicted octanol–water partition coefficient (Wildman–Crippen LogP) is 5.66. The molecule has 0 saturated heterocycles. The van der Waals surface area contributed by atoms with Crippen LogP contribution in [0.25, 0.3) is 0 Å². The summed E-state index contributed by atoms with van der Waals surface area (Å²) in [5, 5.41) is 0. The molecule has 0 bridgehead atoms. The van der Waals surface area contributed by atoms with Crippen molar-refractivity contribution >= 4 is 16.1 Å². The molecule has 18 heavy (non-hydrogen) atoms. The van der Waals surface area contributed by atoms with Gasteiger partial charge in [0, 0.05) is 0 Å². The standard InChI is InChI=1S/C16H32Si2/c1-13-9-16(12-18(6,7)8)14(2)10-15(13)11-17(3,4)5/h11-14H,9-10H2,1-8H3/b15-11+,16-12+. The molecule has 1 aliphatic rings. The zero-order chi connectivity index (χ0) is 14.1. The Morgan fingerprint density at radius 1 is 0.722 bits per heavy atom. The van der Waals surface area contributed by atoms with Crippen LogP contribution < -0.4 is 0 Å². The minimum Gasteiger partial charge on any atom is -0.0955 e. The molecule has 1 aliphatic carbocycles. The van der Waals surface area contributed by atoms with Crippen molar-refractivity contribution < 1.29 is 0 Å². The lowest BCUT2D eigenvalue weighted by molar-refractivity contribution is 0.489. The van der Waals surface area contributed by atoms with Gasteiger partial charge in [-0.3, -0.25) is 0 Å². The quantitative estimate of drug-likeness (QED) is 0.573. The van der Waals surface area contributed by atoms with Crippen molar-refractivity contribution in [3.8, 4) is 0 Å². The molecule has 0 aliphatic heterocycles. The minimum absolute atomic E-state index is 0.774. The monoisotopic (exact) mass is 280 g/mol. The van der Waals surface area contributed by atoms with E-state index in [1.54, 1.807) is 11.1 Å². The topological polar surface area (TPSA) is 0 Å². The third-order valence-electron chi connectivity index (χ3n) is 3.59. The van der Waals surface area contributed by atoms with Crippen LogP contribution in [-0.4, -0.2) is 16.1 Å². The third-order valence-corrected chi connectivity index (χ3v) is 6.06. The first-order chi connectivity index (χ1) is 7.98. The van der Waals surface area contributed by atoms with Crippen molar-refractivity contribution in [3.63, 3.8) is 0 Å². The molecule has 0 N–H and O–H groups in total. The van der Waals surface area contributed by atoms with Gasteiger partial charge in [-0.15, -0.1) is 0 Å². The van der Waals surface area contributed by atoms with E-state index in [2.05, 4.69) is 64.5 Å². The Hall–Kier alpha value is -0.0862. The van der Waals surface area contributed by atoms with Crippen LogP contribution in [0.1, 0.15) is 26.7 Å². The lowest BCUT2D eigenvalue weighted by Gasteiger charge is -2.33. The second-order valence-corrected chi connectivity index (χ2v) is 18.4. The molecule has 1 fully saturated rings. The van der Waals surface area contributed by atoms with Crippen LogP contribution in [0, 0.1) is 11.8 Å². The average Bonchev–Trinajstić information content (AvgIpc) is 2.08. The summed E-state index contributed by atoms with van der Waals surface area (Å²) in [6, 6.07) is 0. The summed E-state index contributed by atoms with van der Waals surface area (Å²) in [6.07, 6.45) is 2.61. The van der Waals surface area contributed by atoms with E-state index in [4.69, 9.17) is 0 Å². The number of allylic oxidation sites excluding steroid dienone is 2. The van der Waals surface area contributed by atoms with Crippen molar-refractivity contribution in [2.75, 3.05) is 0 Å². The second-order valence-electron chi connectivity index (χ2n) is 8.38. The van der Waals surface area contributed by atoms with Crippen molar-refractivity contribution in [2.24, 2.45) is 11.8 Å². The van der Waals surface area contributed by atoms with Gasteiger partial charge >= 0.3 is 0 Å². The van der Waals surface area contributed by atoms with Crippen LogP contribution in [0.3, 0.4) is 0 Å². The maximum Gasteiger partial charge on any atom is 0.0686 e. The fraction of sp³-hybridized carbons (Fsp3) is 0.750. The van der Waals surface area contributed by atoms with E-state index >= 15 is 0 Å². The van der Waals surface area contributed by atoms with E-state index in [9.17, 15) is 0 Å². The van der Waals surface area contributed by atoms with Gasteiger partial charge < -0.3 is 0 Å².